The molecule has 0 saturated carbocycles. The molecule has 0 aromatic carbocycles. The van der Waals surface area contributed by atoms with Crippen LogP contribution in [0.4, 0.5) is 0 Å². The molecule has 2 aromatic heterocycles. The van der Waals surface area contributed by atoms with Crippen LogP contribution < -0.4 is 10.6 Å². The van der Waals surface area contributed by atoms with Gasteiger partial charge in [-0.15, -0.1) is 11.3 Å². The average Bonchev–Trinajstić information content (AvgIpc) is 3.09. The Kier molecular flexibility index (Phi) is 3.61. The van der Waals surface area contributed by atoms with Gasteiger partial charge in [0.25, 0.3) is 0 Å². The molecule has 1 saturated heterocycles. The minimum Gasteiger partial charge on any atom is -0.444 e. The lowest BCUT2D eigenvalue weighted by atomic mass is 10.2. The van der Waals surface area contributed by atoms with E-state index in [1.165, 1.54) is 0 Å². The van der Waals surface area contributed by atoms with E-state index in [-0.39, 0.29) is 18.4 Å². The Morgan fingerprint density at radius 2 is 2.58 bits per heavy atom. The summed E-state index contributed by atoms with van der Waals surface area (Å²) in [4.78, 5) is 17.2. The van der Waals surface area contributed by atoms with Crippen LogP contribution in [0, 0.1) is 0 Å². The number of amides is 1. The number of hydrogen-bond donors (Lipinski definition) is 2. The van der Waals surface area contributed by atoms with Crippen LogP contribution in [0.2, 0.25) is 0 Å². The maximum atomic E-state index is 11.8. The maximum absolute atomic E-state index is 11.8. The van der Waals surface area contributed by atoms with Crippen LogP contribution in [-0.2, 0) is 11.2 Å². The molecule has 2 N–H and O–H groups in total. The smallest absolute Gasteiger partial charge is 0.236 e. The van der Waals surface area contributed by atoms with Gasteiger partial charge in [-0.3, -0.25) is 4.79 Å². The van der Waals surface area contributed by atoms with Gasteiger partial charge in [-0.05, 0) is 24.4 Å². The van der Waals surface area contributed by atoms with Gasteiger partial charge in [-0.2, -0.15) is 0 Å². The van der Waals surface area contributed by atoms with Crippen molar-refractivity contribution in [3.63, 3.8) is 0 Å². The fourth-order valence-electron chi connectivity index (χ4n) is 2.12. The van der Waals surface area contributed by atoms with Gasteiger partial charge in [-0.1, -0.05) is 6.07 Å². The molecular weight excluding hydrogens is 262 g/mol. The molecule has 6 heteroatoms. The molecule has 3 heterocycles. The second kappa shape index (κ2) is 5.54. The van der Waals surface area contributed by atoms with E-state index < -0.39 is 0 Å². The summed E-state index contributed by atoms with van der Waals surface area (Å²) in [7, 11) is 0. The number of hydrogen-bond acceptors (Lipinski definition) is 5. The van der Waals surface area contributed by atoms with Gasteiger partial charge in [0.15, 0.2) is 0 Å². The van der Waals surface area contributed by atoms with Gasteiger partial charge in [-0.25, -0.2) is 4.98 Å². The van der Waals surface area contributed by atoms with Crippen molar-refractivity contribution >= 4 is 17.2 Å². The molecule has 1 aliphatic rings. The van der Waals surface area contributed by atoms with Crippen molar-refractivity contribution in [3.05, 3.63) is 29.5 Å². The van der Waals surface area contributed by atoms with Crippen molar-refractivity contribution in [2.24, 2.45) is 0 Å². The number of rotatable bonds is 4. The molecule has 3 rings (SSSR count). The van der Waals surface area contributed by atoms with E-state index in [0.29, 0.717) is 11.6 Å². The third-order valence-corrected chi connectivity index (χ3v) is 3.91. The second-order valence-corrected chi connectivity index (χ2v) is 5.50. The van der Waals surface area contributed by atoms with Crippen molar-refractivity contribution in [3.8, 4) is 10.8 Å². The van der Waals surface area contributed by atoms with E-state index in [4.69, 9.17) is 4.42 Å². The largest absolute Gasteiger partial charge is 0.444 e. The van der Waals surface area contributed by atoms with Gasteiger partial charge in [0.1, 0.15) is 6.26 Å². The summed E-state index contributed by atoms with van der Waals surface area (Å²) < 4.78 is 5.39. The first kappa shape index (κ1) is 12.4. The Hall–Kier alpha value is -1.66. The van der Waals surface area contributed by atoms with Crippen LogP contribution in [-0.4, -0.2) is 30.0 Å². The highest BCUT2D eigenvalue weighted by molar-refractivity contribution is 7.13. The number of oxazole rings is 1. The van der Waals surface area contributed by atoms with Crippen LogP contribution >= 0.6 is 11.3 Å². The number of aromatic nitrogens is 1. The Bertz CT molecular complexity index is 544. The highest BCUT2D eigenvalue weighted by Crippen LogP contribution is 2.23. The molecule has 0 bridgehead atoms. The molecule has 1 aliphatic heterocycles. The molecule has 19 heavy (non-hydrogen) atoms. The molecule has 0 aliphatic carbocycles. The third kappa shape index (κ3) is 3.02. The van der Waals surface area contributed by atoms with Crippen molar-refractivity contribution in [2.75, 3.05) is 13.1 Å². The van der Waals surface area contributed by atoms with E-state index in [0.717, 1.165) is 24.4 Å². The molecule has 1 unspecified atom stereocenters. The Morgan fingerprint density at radius 3 is 3.32 bits per heavy atom. The first-order valence-electron chi connectivity index (χ1n) is 6.29. The monoisotopic (exact) mass is 277 g/mol. The van der Waals surface area contributed by atoms with E-state index in [2.05, 4.69) is 15.6 Å². The van der Waals surface area contributed by atoms with E-state index >= 15 is 0 Å². The minimum absolute atomic E-state index is 0.000250. The standard InChI is InChI=1S/C13H15N3O2S/c17-12(15-9-3-4-14-7-9)6-10-8-18-13(16-10)11-2-1-5-19-11/h1-2,5,8-9,14H,3-4,6-7H2,(H,15,17). The SMILES string of the molecule is O=C(Cc1coc(-c2cccs2)n1)NC1CCNC1. The van der Waals surface area contributed by atoms with E-state index in [1.807, 2.05) is 17.5 Å². The van der Waals surface area contributed by atoms with Gasteiger partial charge in [0.2, 0.25) is 11.8 Å². The quantitative estimate of drug-likeness (QED) is 0.887. The number of thiophene rings is 1. The van der Waals surface area contributed by atoms with Crippen LogP contribution in [0.3, 0.4) is 0 Å². The Morgan fingerprint density at radius 1 is 1.63 bits per heavy atom. The predicted molar refractivity (Wildman–Crippen MR) is 72.9 cm³/mol. The Balaban J connectivity index is 1.59. The summed E-state index contributed by atoms with van der Waals surface area (Å²) >= 11 is 1.57. The highest BCUT2D eigenvalue weighted by Gasteiger charge is 2.18. The summed E-state index contributed by atoms with van der Waals surface area (Å²) in [6.45, 7) is 1.82. The number of carbonyl (C=O) groups excluding carboxylic acids is 1. The van der Waals surface area contributed by atoms with Gasteiger partial charge >= 0.3 is 0 Å². The molecule has 0 radical (unpaired) electrons. The lowest BCUT2D eigenvalue weighted by Crippen LogP contribution is -2.37. The summed E-state index contributed by atoms with van der Waals surface area (Å²) in [6, 6.07) is 4.14. The summed E-state index contributed by atoms with van der Waals surface area (Å²) in [6.07, 6.45) is 2.82. The first-order chi connectivity index (χ1) is 9.31. The summed E-state index contributed by atoms with van der Waals surface area (Å²) in [5, 5.41) is 8.18. The number of carbonyl (C=O) groups is 1. The van der Waals surface area contributed by atoms with Crippen molar-refractivity contribution < 1.29 is 9.21 Å². The molecule has 1 atom stereocenters. The van der Waals surface area contributed by atoms with Crippen LogP contribution in [0.15, 0.2) is 28.2 Å². The maximum Gasteiger partial charge on any atom is 0.236 e. The fourth-order valence-corrected chi connectivity index (χ4v) is 2.78. The van der Waals surface area contributed by atoms with Crippen LogP contribution in [0.1, 0.15) is 12.1 Å². The summed E-state index contributed by atoms with van der Waals surface area (Å²) in [5.41, 5.74) is 0.673. The van der Waals surface area contributed by atoms with Crippen molar-refractivity contribution in [1.82, 2.24) is 15.6 Å². The highest BCUT2D eigenvalue weighted by atomic mass is 32.1. The number of nitrogens with zero attached hydrogens (tertiary/aromatic N) is 1. The fraction of sp³-hybridized carbons (Fsp3) is 0.385. The zero-order chi connectivity index (χ0) is 13.1. The minimum atomic E-state index is -0.000250. The molecule has 1 fully saturated rings. The van der Waals surface area contributed by atoms with Crippen LogP contribution in [0.25, 0.3) is 10.8 Å². The summed E-state index contributed by atoms with van der Waals surface area (Å²) in [5.74, 6) is 0.583. The van der Waals surface area contributed by atoms with Gasteiger partial charge in [0, 0.05) is 12.6 Å². The molecule has 2 aromatic rings. The third-order valence-electron chi connectivity index (χ3n) is 3.05. The lowest BCUT2D eigenvalue weighted by molar-refractivity contribution is -0.121. The van der Waals surface area contributed by atoms with Crippen molar-refractivity contribution in [1.29, 1.82) is 0 Å². The topological polar surface area (TPSA) is 67.2 Å². The first-order valence-corrected chi connectivity index (χ1v) is 7.17. The molecule has 100 valence electrons. The normalized spacial score (nSPS) is 18.6. The molecule has 0 spiro atoms. The Labute approximate surface area is 115 Å². The zero-order valence-electron chi connectivity index (χ0n) is 10.4. The van der Waals surface area contributed by atoms with Crippen molar-refractivity contribution in [2.45, 2.75) is 18.9 Å². The van der Waals surface area contributed by atoms with Crippen LogP contribution in [0.5, 0.6) is 0 Å². The molecule has 1 amide bonds. The van der Waals surface area contributed by atoms with E-state index in [9.17, 15) is 4.79 Å². The molecular formula is C13H15N3O2S. The number of nitrogens with one attached hydrogen (secondary N) is 2. The second-order valence-electron chi connectivity index (χ2n) is 4.56. The lowest BCUT2D eigenvalue weighted by Gasteiger charge is -2.09. The van der Waals surface area contributed by atoms with Gasteiger partial charge in [0.05, 0.1) is 17.0 Å². The van der Waals surface area contributed by atoms with Gasteiger partial charge < -0.3 is 15.1 Å². The average molecular weight is 277 g/mol. The van der Waals surface area contributed by atoms with E-state index in [1.54, 1.807) is 17.6 Å². The predicted octanol–water partition coefficient (Wildman–Crippen LogP) is 1.42. The zero-order valence-corrected chi connectivity index (χ0v) is 11.2. The molecule has 5 nitrogen and oxygen atoms in total.